The van der Waals surface area contributed by atoms with Crippen LogP contribution in [0.4, 0.5) is 0 Å². The summed E-state index contributed by atoms with van der Waals surface area (Å²) in [6, 6.07) is 7.50. The van der Waals surface area contributed by atoms with Gasteiger partial charge in [-0.1, -0.05) is 24.6 Å². The van der Waals surface area contributed by atoms with Crippen molar-refractivity contribution in [3.63, 3.8) is 0 Å². The Morgan fingerprint density at radius 1 is 1.37 bits per heavy atom. The van der Waals surface area contributed by atoms with E-state index in [4.69, 9.17) is 0 Å². The molecule has 2 aromatic rings. The lowest BCUT2D eigenvalue weighted by Crippen LogP contribution is -2.43. The number of aromatic nitrogens is 3. The van der Waals surface area contributed by atoms with E-state index in [1.165, 1.54) is 4.80 Å². The van der Waals surface area contributed by atoms with Crippen LogP contribution in [0.25, 0.3) is 5.69 Å². The topological polar surface area (TPSA) is 68.0 Å². The van der Waals surface area contributed by atoms with E-state index < -0.39 is 11.4 Å². The van der Waals surface area contributed by atoms with Gasteiger partial charge in [-0.3, -0.25) is 4.79 Å². The molecule has 5 nitrogen and oxygen atoms in total. The smallest absolute Gasteiger partial charge is 0.314 e. The van der Waals surface area contributed by atoms with Crippen molar-refractivity contribution < 1.29 is 9.90 Å². The maximum absolute atomic E-state index is 11.6. The van der Waals surface area contributed by atoms with E-state index >= 15 is 0 Å². The summed E-state index contributed by atoms with van der Waals surface area (Å²) >= 11 is 0. The van der Waals surface area contributed by atoms with Gasteiger partial charge in [0.2, 0.25) is 0 Å². The van der Waals surface area contributed by atoms with Gasteiger partial charge in [-0.15, -0.1) is 0 Å². The average Bonchev–Trinajstić information content (AvgIpc) is 2.74. The molecule has 1 fully saturated rings. The highest BCUT2D eigenvalue weighted by Crippen LogP contribution is 2.45. The minimum absolute atomic E-state index is 0.680. The molecule has 0 amide bonds. The molecule has 19 heavy (non-hydrogen) atoms. The molecule has 0 unspecified atom stereocenters. The Bertz CT molecular complexity index is 629. The largest absolute Gasteiger partial charge is 0.481 e. The Morgan fingerprint density at radius 2 is 2.11 bits per heavy atom. The molecular formula is C14H15N3O2. The van der Waals surface area contributed by atoms with Gasteiger partial charge >= 0.3 is 5.97 Å². The summed E-state index contributed by atoms with van der Waals surface area (Å²) in [5.41, 5.74) is 1.62. The van der Waals surface area contributed by atoms with E-state index in [0.29, 0.717) is 12.8 Å². The van der Waals surface area contributed by atoms with Crippen molar-refractivity contribution >= 4 is 5.97 Å². The van der Waals surface area contributed by atoms with E-state index in [1.54, 1.807) is 6.20 Å². The fraction of sp³-hybridized carbons (Fsp3) is 0.357. The van der Waals surface area contributed by atoms with Crippen LogP contribution in [0.5, 0.6) is 0 Å². The number of para-hydroxylation sites is 1. The van der Waals surface area contributed by atoms with Crippen molar-refractivity contribution in [2.45, 2.75) is 31.6 Å². The third kappa shape index (κ3) is 1.73. The first-order valence-electron chi connectivity index (χ1n) is 6.36. The molecule has 1 aromatic carbocycles. The van der Waals surface area contributed by atoms with Crippen LogP contribution in [-0.2, 0) is 10.2 Å². The van der Waals surface area contributed by atoms with E-state index in [1.807, 2.05) is 31.2 Å². The zero-order valence-corrected chi connectivity index (χ0v) is 10.7. The average molecular weight is 257 g/mol. The van der Waals surface area contributed by atoms with E-state index in [2.05, 4.69) is 10.2 Å². The van der Waals surface area contributed by atoms with Crippen molar-refractivity contribution in [1.82, 2.24) is 15.0 Å². The second-order valence-corrected chi connectivity index (χ2v) is 5.03. The maximum Gasteiger partial charge on any atom is 0.314 e. The number of rotatable bonds is 3. The van der Waals surface area contributed by atoms with E-state index in [-0.39, 0.29) is 0 Å². The molecule has 0 bridgehead atoms. The number of carboxylic acids is 1. The fourth-order valence-electron chi connectivity index (χ4n) is 2.64. The number of nitrogens with zero attached hydrogens (tertiary/aromatic N) is 3. The van der Waals surface area contributed by atoms with Crippen LogP contribution in [0.1, 0.15) is 30.5 Å². The highest BCUT2D eigenvalue weighted by Gasteiger charge is 2.47. The lowest BCUT2D eigenvalue weighted by molar-refractivity contribution is -0.147. The van der Waals surface area contributed by atoms with Gasteiger partial charge in [0.15, 0.2) is 0 Å². The van der Waals surface area contributed by atoms with Gasteiger partial charge in [-0.2, -0.15) is 15.0 Å². The normalized spacial score (nSPS) is 16.9. The molecule has 1 aromatic heterocycles. The van der Waals surface area contributed by atoms with Gasteiger partial charge in [-0.25, -0.2) is 0 Å². The molecule has 1 aliphatic rings. The summed E-state index contributed by atoms with van der Waals surface area (Å²) < 4.78 is 0. The molecular weight excluding hydrogens is 242 g/mol. The second kappa shape index (κ2) is 4.19. The van der Waals surface area contributed by atoms with Crippen molar-refractivity contribution in [3.05, 3.63) is 41.7 Å². The number of aliphatic carboxylic acids is 1. The zero-order valence-electron chi connectivity index (χ0n) is 10.7. The van der Waals surface area contributed by atoms with Gasteiger partial charge in [0.25, 0.3) is 0 Å². The number of benzene rings is 1. The highest BCUT2D eigenvalue weighted by atomic mass is 16.4. The molecule has 0 spiro atoms. The quantitative estimate of drug-likeness (QED) is 0.914. The SMILES string of the molecule is Cc1cnn(-c2ccccc2C2(C(=O)O)CCC2)n1. The Balaban J connectivity index is 2.15. The number of carboxylic acid groups (broad SMARTS) is 1. The number of carbonyl (C=O) groups is 1. The van der Waals surface area contributed by atoms with Gasteiger partial charge in [-0.05, 0) is 31.4 Å². The molecule has 0 radical (unpaired) electrons. The molecule has 98 valence electrons. The van der Waals surface area contributed by atoms with Gasteiger partial charge in [0.1, 0.15) is 0 Å². The van der Waals surface area contributed by atoms with Crippen molar-refractivity contribution in [2.24, 2.45) is 0 Å². The molecule has 5 heteroatoms. The first-order chi connectivity index (χ1) is 9.13. The first-order valence-corrected chi connectivity index (χ1v) is 6.36. The van der Waals surface area contributed by atoms with E-state index in [0.717, 1.165) is 23.4 Å². The Hall–Kier alpha value is -2.17. The summed E-state index contributed by atoms with van der Waals surface area (Å²) in [6.45, 7) is 1.86. The third-order valence-electron chi connectivity index (χ3n) is 3.86. The van der Waals surface area contributed by atoms with Crippen LogP contribution in [0.2, 0.25) is 0 Å². The van der Waals surface area contributed by atoms with Crippen molar-refractivity contribution in [3.8, 4) is 5.69 Å². The number of hydrogen-bond acceptors (Lipinski definition) is 3. The predicted octanol–water partition coefficient (Wildman–Crippen LogP) is 2.08. The maximum atomic E-state index is 11.6. The Kier molecular flexibility index (Phi) is 2.62. The molecule has 1 saturated carbocycles. The van der Waals surface area contributed by atoms with Gasteiger partial charge < -0.3 is 5.11 Å². The third-order valence-corrected chi connectivity index (χ3v) is 3.86. The van der Waals surface area contributed by atoms with Crippen molar-refractivity contribution in [2.75, 3.05) is 0 Å². The monoisotopic (exact) mass is 257 g/mol. The number of aryl methyl sites for hydroxylation is 1. The highest BCUT2D eigenvalue weighted by molar-refractivity contribution is 5.84. The zero-order chi connectivity index (χ0) is 13.5. The van der Waals surface area contributed by atoms with Crippen LogP contribution in [0.3, 0.4) is 0 Å². The van der Waals surface area contributed by atoms with Gasteiger partial charge in [0.05, 0.1) is 23.0 Å². The summed E-state index contributed by atoms with van der Waals surface area (Å²) in [6.07, 6.45) is 3.98. The summed E-state index contributed by atoms with van der Waals surface area (Å²) in [5, 5.41) is 18.0. The molecule has 1 heterocycles. The summed E-state index contributed by atoms with van der Waals surface area (Å²) in [5.74, 6) is -0.755. The second-order valence-electron chi connectivity index (χ2n) is 5.03. The van der Waals surface area contributed by atoms with Crippen LogP contribution >= 0.6 is 0 Å². The van der Waals surface area contributed by atoms with Crippen LogP contribution < -0.4 is 0 Å². The number of hydrogen-bond donors (Lipinski definition) is 1. The van der Waals surface area contributed by atoms with Crippen LogP contribution in [-0.4, -0.2) is 26.1 Å². The van der Waals surface area contributed by atoms with Crippen LogP contribution in [0.15, 0.2) is 30.5 Å². The Morgan fingerprint density at radius 3 is 2.63 bits per heavy atom. The van der Waals surface area contributed by atoms with E-state index in [9.17, 15) is 9.90 Å². The molecule has 0 aliphatic heterocycles. The Labute approximate surface area is 110 Å². The summed E-state index contributed by atoms with van der Waals surface area (Å²) in [7, 11) is 0. The van der Waals surface area contributed by atoms with Crippen molar-refractivity contribution in [1.29, 1.82) is 0 Å². The fourth-order valence-corrected chi connectivity index (χ4v) is 2.64. The molecule has 0 atom stereocenters. The minimum atomic E-state index is -0.766. The minimum Gasteiger partial charge on any atom is -0.481 e. The first kappa shape index (κ1) is 11.9. The molecule has 1 N–H and O–H groups in total. The predicted molar refractivity (Wildman–Crippen MR) is 69.3 cm³/mol. The van der Waals surface area contributed by atoms with Gasteiger partial charge in [0, 0.05) is 0 Å². The molecule has 3 rings (SSSR count). The van der Waals surface area contributed by atoms with Crippen LogP contribution in [0, 0.1) is 6.92 Å². The molecule has 1 aliphatic carbocycles. The standard InChI is InChI=1S/C14H15N3O2/c1-10-9-15-17(16-10)12-6-3-2-5-11(12)14(13(18)19)7-4-8-14/h2-3,5-6,9H,4,7-8H2,1H3,(H,18,19). The molecule has 0 saturated heterocycles. The summed E-state index contributed by atoms with van der Waals surface area (Å²) in [4.78, 5) is 13.2. The lowest BCUT2D eigenvalue weighted by Gasteiger charge is -2.38. The lowest BCUT2D eigenvalue weighted by atomic mass is 9.64.